The summed E-state index contributed by atoms with van der Waals surface area (Å²) >= 11 is 1.52. The molecule has 0 unspecified atom stereocenters. The zero-order valence-corrected chi connectivity index (χ0v) is 10.3. The van der Waals surface area contributed by atoms with Crippen LogP contribution in [0.4, 0.5) is 0 Å². The summed E-state index contributed by atoms with van der Waals surface area (Å²) in [5.41, 5.74) is 1.36. The average Bonchev–Trinajstić information content (AvgIpc) is 2.75. The topological polar surface area (TPSA) is 12.9 Å². The van der Waals surface area contributed by atoms with Crippen LogP contribution in [0.2, 0.25) is 0 Å². The predicted molar refractivity (Wildman–Crippen MR) is 66.5 cm³/mol. The molecule has 0 aliphatic rings. The van der Waals surface area contributed by atoms with Crippen molar-refractivity contribution in [1.29, 1.82) is 0 Å². The number of rotatable bonds is 3. The summed E-state index contributed by atoms with van der Waals surface area (Å²) < 4.78 is 4.02. The lowest BCUT2D eigenvalue weighted by atomic mass is 10.2. The van der Waals surface area contributed by atoms with Gasteiger partial charge < -0.3 is 0 Å². The van der Waals surface area contributed by atoms with Crippen molar-refractivity contribution in [3.05, 3.63) is 34.9 Å². The van der Waals surface area contributed by atoms with Gasteiger partial charge in [0.25, 0.3) is 0 Å². The zero-order chi connectivity index (χ0) is 10.8. The molecule has 14 heavy (non-hydrogen) atoms. The van der Waals surface area contributed by atoms with Crippen molar-refractivity contribution in [1.82, 2.24) is 4.37 Å². The SMILES string of the molecule is C/C=C(\C=C/c1ccns1)CC.CC. The van der Waals surface area contributed by atoms with Gasteiger partial charge in [0.15, 0.2) is 0 Å². The van der Waals surface area contributed by atoms with Crippen LogP contribution in [-0.2, 0) is 0 Å². The van der Waals surface area contributed by atoms with E-state index in [9.17, 15) is 0 Å². The van der Waals surface area contributed by atoms with Gasteiger partial charge in [-0.2, -0.15) is 0 Å². The first-order chi connectivity index (χ1) is 6.86. The van der Waals surface area contributed by atoms with Gasteiger partial charge in [-0.3, -0.25) is 0 Å². The van der Waals surface area contributed by atoms with E-state index >= 15 is 0 Å². The number of aromatic nitrogens is 1. The highest BCUT2D eigenvalue weighted by atomic mass is 32.1. The highest BCUT2D eigenvalue weighted by molar-refractivity contribution is 7.06. The Balaban J connectivity index is 0.000000791. The summed E-state index contributed by atoms with van der Waals surface area (Å²) in [5, 5.41) is 0. The van der Waals surface area contributed by atoms with Crippen LogP contribution in [0.3, 0.4) is 0 Å². The molecule has 2 heteroatoms. The van der Waals surface area contributed by atoms with E-state index in [-0.39, 0.29) is 0 Å². The maximum absolute atomic E-state index is 4.02. The number of allylic oxidation sites excluding steroid dienone is 3. The molecule has 0 N–H and O–H groups in total. The van der Waals surface area contributed by atoms with Crippen LogP contribution in [0.5, 0.6) is 0 Å². The second kappa shape index (κ2) is 8.70. The van der Waals surface area contributed by atoms with E-state index in [0.29, 0.717) is 0 Å². The van der Waals surface area contributed by atoms with Crippen LogP contribution in [0.25, 0.3) is 6.08 Å². The molecule has 1 rings (SSSR count). The van der Waals surface area contributed by atoms with Crippen LogP contribution < -0.4 is 0 Å². The van der Waals surface area contributed by atoms with Crippen LogP contribution in [0.15, 0.2) is 30.0 Å². The Kier molecular flexibility index (Phi) is 8.14. The minimum absolute atomic E-state index is 1.09. The van der Waals surface area contributed by atoms with Gasteiger partial charge in [0.05, 0.1) is 0 Å². The lowest BCUT2D eigenvalue weighted by molar-refractivity contribution is 1.14. The number of hydrogen-bond acceptors (Lipinski definition) is 2. The van der Waals surface area contributed by atoms with Gasteiger partial charge >= 0.3 is 0 Å². The molecule has 0 bridgehead atoms. The van der Waals surface area contributed by atoms with Gasteiger partial charge in [0, 0.05) is 11.1 Å². The molecule has 1 nitrogen and oxygen atoms in total. The molecular weight excluding hydrogens is 190 g/mol. The van der Waals surface area contributed by atoms with Crippen molar-refractivity contribution in [2.24, 2.45) is 0 Å². The third-order valence-electron chi connectivity index (χ3n) is 1.70. The smallest absolute Gasteiger partial charge is 0.0477 e. The lowest BCUT2D eigenvalue weighted by Gasteiger charge is -1.92. The van der Waals surface area contributed by atoms with Crippen molar-refractivity contribution in [3.63, 3.8) is 0 Å². The molecule has 0 aliphatic heterocycles. The molecule has 0 radical (unpaired) electrons. The lowest BCUT2D eigenvalue weighted by Crippen LogP contribution is -1.71. The van der Waals surface area contributed by atoms with Gasteiger partial charge in [0.1, 0.15) is 0 Å². The molecule has 0 atom stereocenters. The molecular formula is C12H19NS. The summed E-state index contributed by atoms with van der Waals surface area (Å²) in [6.45, 7) is 8.22. The van der Waals surface area contributed by atoms with Crippen molar-refractivity contribution >= 4 is 17.6 Å². The maximum atomic E-state index is 4.02. The first-order valence-corrected chi connectivity index (χ1v) is 5.88. The van der Waals surface area contributed by atoms with E-state index in [0.717, 1.165) is 6.42 Å². The van der Waals surface area contributed by atoms with Crippen LogP contribution in [0, 0.1) is 0 Å². The first-order valence-electron chi connectivity index (χ1n) is 5.10. The molecule has 0 aromatic carbocycles. The van der Waals surface area contributed by atoms with Gasteiger partial charge in [-0.1, -0.05) is 38.5 Å². The van der Waals surface area contributed by atoms with Gasteiger partial charge in [-0.15, -0.1) is 0 Å². The quantitative estimate of drug-likeness (QED) is 0.666. The van der Waals surface area contributed by atoms with E-state index in [4.69, 9.17) is 0 Å². The Bertz CT molecular complexity index is 271. The Morgan fingerprint density at radius 3 is 2.64 bits per heavy atom. The van der Waals surface area contributed by atoms with E-state index < -0.39 is 0 Å². The molecule has 0 saturated heterocycles. The first kappa shape index (κ1) is 13.1. The third kappa shape index (κ3) is 4.97. The summed E-state index contributed by atoms with van der Waals surface area (Å²) in [5.74, 6) is 0. The van der Waals surface area contributed by atoms with E-state index in [1.165, 1.54) is 22.0 Å². The van der Waals surface area contributed by atoms with Crippen molar-refractivity contribution < 1.29 is 0 Å². The average molecular weight is 209 g/mol. The molecule has 78 valence electrons. The van der Waals surface area contributed by atoms with Gasteiger partial charge in [0.2, 0.25) is 0 Å². The van der Waals surface area contributed by atoms with Gasteiger partial charge in [-0.05, 0) is 37.0 Å². The molecule has 0 spiro atoms. The third-order valence-corrected chi connectivity index (χ3v) is 2.41. The minimum atomic E-state index is 1.09. The van der Waals surface area contributed by atoms with Crippen LogP contribution in [-0.4, -0.2) is 4.37 Å². The van der Waals surface area contributed by atoms with E-state index in [1.54, 1.807) is 0 Å². The Morgan fingerprint density at radius 1 is 1.50 bits per heavy atom. The summed E-state index contributed by atoms with van der Waals surface area (Å²) in [6.07, 6.45) is 9.30. The Hall–Kier alpha value is -0.890. The fourth-order valence-electron chi connectivity index (χ4n) is 0.919. The molecule has 1 aromatic rings. The number of hydrogen-bond donors (Lipinski definition) is 0. The largest absolute Gasteiger partial charge is 0.201 e. The molecule has 0 aliphatic carbocycles. The number of nitrogens with zero attached hydrogens (tertiary/aromatic N) is 1. The van der Waals surface area contributed by atoms with Crippen molar-refractivity contribution in [2.75, 3.05) is 0 Å². The Labute approximate surface area is 91.3 Å². The second-order valence-electron chi connectivity index (χ2n) is 2.47. The van der Waals surface area contributed by atoms with Crippen LogP contribution in [0.1, 0.15) is 39.0 Å². The summed E-state index contributed by atoms with van der Waals surface area (Å²) in [6, 6.07) is 2.02. The summed E-state index contributed by atoms with van der Waals surface area (Å²) in [4.78, 5) is 1.21. The molecule has 0 saturated carbocycles. The minimum Gasteiger partial charge on any atom is -0.201 e. The standard InChI is InChI=1S/C10H13NS.C2H6/c1-3-9(4-2)5-6-10-7-8-11-12-10;1-2/h3,5-8H,4H2,1-2H3;1-2H3/b6-5-,9-3-;. The monoisotopic (exact) mass is 209 g/mol. The molecule has 0 fully saturated rings. The van der Waals surface area contributed by atoms with Gasteiger partial charge in [-0.25, -0.2) is 4.37 Å². The summed E-state index contributed by atoms with van der Waals surface area (Å²) in [7, 11) is 0. The molecule has 0 amide bonds. The normalized spacial score (nSPS) is 11.3. The van der Waals surface area contributed by atoms with E-state index in [1.807, 2.05) is 26.1 Å². The predicted octanol–water partition coefficient (Wildman–Crippen LogP) is 4.54. The van der Waals surface area contributed by atoms with Crippen molar-refractivity contribution in [2.45, 2.75) is 34.1 Å². The molecule has 1 heterocycles. The fraction of sp³-hybridized carbons (Fsp3) is 0.417. The highest BCUT2D eigenvalue weighted by Crippen LogP contribution is 2.10. The Morgan fingerprint density at radius 2 is 2.21 bits per heavy atom. The fourth-order valence-corrected chi connectivity index (χ4v) is 1.41. The molecule has 1 aromatic heterocycles. The van der Waals surface area contributed by atoms with Crippen molar-refractivity contribution in [3.8, 4) is 0 Å². The van der Waals surface area contributed by atoms with Crippen LogP contribution >= 0.6 is 11.5 Å². The maximum Gasteiger partial charge on any atom is 0.0477 e. The second-order valence-corrected chi connectivity index (χ2v) is 3.33. The zero-order valence-electron chi connectivity index (χ0n) is 9.45. The van der Waals surface area contributed by atoms with E-state index in [2.05, 4.69) is 36.4 Å². The highest BCUT2D eigenvalue weighted by Gasteiger charge is 1.88.